The average Bonchev–Trinajstić information content (AvgIpc) is 1.66. The molecule has 7 amide bonds. The number of cyclic esters (lactones) is 2. The third kappa shape index (κ3) is 23.9. The quantitative estimate of drug-likeness (QED) is 0.0314. The number of esters is 2. The molecule has 28 heteroatoms. The van der Waals surface area contributed by atoms with Crippen molar-refractivity contribution in [1.29, 1.82) is 0 Å². The molecular formula is C63H85ClN6O20S. The molecule has 0 aromatic heterocycles. The van der Waals surface area contributed by atoms with Crippen LogP contribution in [0, 0.1) is 29.1 Å². The molecule has 0 bridgehead atoms. The summed E-state index contributed by atoms with van der Waals surface area (Å²) >= 11 is 6.38. The van der Waals surface area contributed by atoms with Crippen molar-refractivity contribution >= 4 is 92.5 Å². The lowest BCUT2D eigenvalue weighted by atomic mass is 9.88. The maximum atomic E-state index is 14.0. The van der Waals surface area contributed by atoms with Crippen molar-refractivity contribution in [3.05, 3.63) is 76.3 Å². The Bertz CT molecular complexity index is 3140. The monoisotopic (exact) mass is 1310 g/mol. The predicted octanol–water partition coefficient (Wildman–Crippen LogP) is 4.36. The second kappa shape index (κ2) is 34.2. The Hall–Kier alpha value is -7.62. The number of hydrogen-bond donors (Lipinski definition) is 5. The second-order valence-electron chi connectivity index (χ2n) is 24.4. The number of aryl methyl sites for hydroxylation is 1. The van der Waals surface area contributed by atoms with E-state index < -0.39 is 160 Å². The summed E-state index contributed by atoms with van der Waals surface area (Å²) in [7, 11) is -2.89. The molecule has 26 nitrogen and oxygen atoms in total. The van der Waals surface area contributed by atoms with Gasteiger partial charge in [0.15, 0.2) is 11.9 Å². The van der Waals surface area contributed by atoms with Gasteiger partial charge in [-0.25, -0.2) is 9.59 Å². The summed E-state index contributed by atoms with van der Waals surface area (Å²) < 4.78 is 54.4. The highest BCUT2D eigenvalue weighted by Gasteiger charge is 2.48. The zero-order chi connectivity index (χ0) is 67.5. The largest absolute Gasteiger partial charge is 0.495 e. The van der Waals surface area contributed by atoms with Gasteiger partial charge >= 0.3 is 17.9 Å². The van der Waals surface area contributed by atoms with E-state index in [-0.39, 0.29) is 88.6 Å². The number of carbonyl (C=O) groups is 12. The number of nitrogens with one attached hydrogen (secondary N) is 4. The molecule has 500 valence electrons. The molecule has 2 fully saturated rings. The summed E-state index contributed by atoms with van der Waals surface area (Å²) in [5.41, 5.74) is 0.939. The Labute approximate surface area is 535 Å². The van der Waals surface area contributed by atoms with E-state index in [2.05, 4.69) is 21.3 Å². The summed E-state index contributed by atoms with van der Waals surface area (Å²) in [6.07, 6.45) is -1.78. The van der Waals surface area contributed by atoms with Crippen molar-refractivity contribution in [2.45, 2.75) is 169 Å². The molecule has 2 aromatic rings. The lowest BCUT2D eigenvalue weighted by Crippen LogP contribution is -2.51. The molecule has 0 spiro atoms. The van der Waals surface area contributed by atoms with Crippen LogP contribution in [0.4, 0.5) is 0 Å². The average molecular weight is 1310 g/mol. The number of hydroxylamine groups is 2. The first-order chi connectivity index (χ1) is 42.7. The van der Waals surface area contributed by atoms with Crippen LogP contribution >= 0.6 is 11.6 Å². The number of ether oxygens (including phenoxy) is 4. The number of ketones is 2. The van der Waals surface area contributed by atoms with E-state index >= 15 is 0 Å². The van der Waals surface area contributed by atoms with E-state index in [1.807, 2.05) is 45.0 Å². The number of epoxide rings is 1. The van der Waals surface area contributed by atoms with E-state index in [1.54, 1.807) is 45.9 Å². The minimum atomic E-state index is -4.36. The topological polar surface area (TPSA) is 363 Å². The number of amides is 7. The number of Topliss-reactive ketones (excluding diaryl/α,β-unsaturated/α-hetero) is 2. The van der Waals surface area contributed by atoms with Gasteiger partial charge in [0, 0.05) is 95.8 Å². The van der Waals surface area contributed by atoms with Gasteiger partial charge in [-0.05, 0) is 80.3 Å². The maximum Gasteiger partial charge on any atom is 0.347 e. The number of benzene rings is 2. The normalized spacial score (nSPS) is 21.1. The van der Waals surface area contributed by atoms with Gasteiger partial charge in [-0.2, -0.15) is 8.42 Å². The first kappa shape index (κ1) is 74.1. The van der Waals surface area contributed by atoms with Crippen LogP contribution in [-0.2, 0) is 99.5 Å². The van der Waals surface area contributed by atoms with E-state index in [1.165, 1.54) is 26.2 Å². The molecule has 3 heterocycles. The van der Waals surface area contributed by atoms with Gasteiger partial charge in [0.25, 0.3) is 21.9 Å². The minimum Gasteiger partial charge on any atom is -0.495 e. The van der Waals surface area contributed by atoms with E-state index in [0.29, 0.717) is 27.8 Å². The predicted molar refractivity (Wildman–Crippen MR) is 327 cm³/mol. The zero-order valence-corrected chi connectivity index (χ0v) is 54.4. The van der Waals surface area contributed by atoms with Crippen LogP contribution in [0.25, 0.3) is 0 Å². The smallest absolute Gasteiger partial charge is 0.347 e. The van der Waals surface area contributed by atoms with Gasteiger partial charge in [0.05, 0.1) is 41.9 Å². The number of hydrogen-bond acceptors (Lipinski definition) is 19. The molecule has 0 aliphatic carbocycles. The SMILES string of the molecule is COc1ccc(C[C@H]2NC(=O)/C=C/C[C@@H]([C@H](C)[C@H]3O[C@@H]3c3ccc(CCC(=O)[C@H](C)NC(=O)[C@@H](CC(=O)CCN(CCC(=O)ON4C(=O)CCC4=O)C(=O)CCC(=O)NCCS(=O)(=O)O)C(C)C)cc3)OC(=O)[C@H](CC(C)C)OC(=O)C(C)(C)CNC2=O)cc1Cl. The molecule has 2 aromatic carbocycles. The Morgan fingerprint density at radius 2 is 1.53 bits per heavy atom. The highest BCUT2D eigenvalue weighted by molar-refractivity contribution is 7.85. The van der Waals surface area contributed by atoms with Gasteiger partial charge in [-0.1, -0.05) is 82.6 Å². The fourth-order valence-electron chi connectivity index (χ4n) is 10.00. The molecule has 8 atom stereocenters. The van der Waals surface area contributed by atoms with Crippen LogP contribution in [0.5, 0.6) is 5.75 Å². The summed E-state index contributed by atoms with van der Waals surface area (Å²) in [5.74, 6) is -9.93. The van der Waals surface area contributed by atoms with Crippen molar-refractivity contribution in [3.63, 3.8) is 0 Å². The van der Waals surface area contributed by atoms with Crippen molar-refractivity contribution in [2.24, 2.45) is 29.1 Å². The number of halogens is 1. The van der Waals surface area contributed by atoms with Crippen molar-refractivity contribution in [2.75, 3.05) is 39.0 Å². The van der Waals surface area contributed by atoms with Gasteiger partial charge in [0.2, 0.25) is 29.5 Å². The summed E-state index contributed by atoms with van der Waals surface area (Å²) in [5, 5.41) is 11.2. The number of imide groups is 1. The molecule has 3 aliphatic rings. The summed E-state index contributed by atoms with van der Waals surface area (Å²) in [4.78, 5) is 164. The third-order valence-corrected chi connectivity index (χ3v) is 16.7. The molecule has 0 radical (unpaired) electrons. The minimum absolute atomic E-state index is 0.0494. The molecule has 91 heavy (non-hydrogen) atoms. The zero-order valence-electron chi connectivity index (χ0n) is 52.9. The van der Waals surface area contributed by atoms with Crippen LogP contribution in [0.2, 0.25) is 5.02 Å². The number of carbonyl (C=O) groups excluding carboxylic acids is 12. The summed E-state index contributed by atoms with van der Waals surface area (Å²) in [6.45, 7) is 12.5. The molecule has 3 aliphatic heterocycles. The lowest BCUT2D eigenvalue weighted by molar-refractivity contribution is -0.197. The van der Waals surface area contributed by atoms with Gasteiger partial charge in [0.1, 0.15) is 29.8 Å². The fourth-order valence-corrected chi connectivity index (χ4v) is 10.6. The fraction of sp³-hybridized carbons (Fsp3) is 0.587. The molecule has 0 unspecified atom stereocenters. The van der Waals surface area contributed by atoms with E-state index in [4.69, 9.17) is 39.9 Å². The van der Waals surface area contributed by atoms with Crippen molar-refractivity contribution in [3.8, 4) is 5.75 Å². The van der Waals surface area contributed by atoms with Crippen LogP contribution in [0.15, 0.2) is 54.6 Å². The number of rotatable bonds is 30. The Morgan fingerprint density at radius 1 is 0.868 bits per heavy atom. The van der Waals surface area contributed by atoms with Crippen molar-refractivity contribution in [1.82, 2.24) is 31.2 Å². The maximum absolute atomic E-state index is 14.0. The molecule has 5 N–H and O–H groups in total. The standard InChI is InChI=1S/C63H85ClN6O20S/c1-36(2)31-50-61(81)87-48(11-10-12-52(74)68-46(33-41-16-20-49(86-9)45(64)32-41)60(80)66-35-63(7,8)62(82)88-50)38(5)57-58(89-57)42-17-13-40(14-18-42)15-19-47(72)39(6)67-59(79)44(37(3)4)34-43(71)25-28-69(29-26-56(78)90-70-54(76)23-24-55(70)77)53(75)22-21-51(73)65-27-30-91(83,84)85/h10,12-14,16-18,20,32,36-39,44,46,48,50,57-58H,11,15,19,21-31,33-35H2,1-9H3,(H,65,73)(H,66,80)(H,67,79)(H,68,74)(H,83,84,85)/b12-10+/t38-,39-,44-,46+,48-,50-,57+,58+/m0/s1. The number of methoxy groups -OCH3 is 1. The third-order valence-electron chi connectivity index (χ3n) is 15.7. The van der Waals surface area contributed by atoms with E-state index in [9.17, 15) is 66.0 Å². The van der Waals surface area contributed by atoms with Gasteiger partial charge < -0.3 is 50.0 Å². The van der Waals surface area contributed by atoms with Crippen LogP contribution in [-0.4, -0.2) is 163 Å². The highest BCUT2D eigenvalue weighted by atomic mass is 35.5. The van der Waals surface area contributed by atoms with Crippen molar-refractivity contribution < 1.29 is 94.3 Å². The van der Waals surface area contributed by atoms with Gasteiger partial charge in [-0.3, -0.25) is 52.5 Å². The highest BCUT2D eigenvalue weighted by Crippen LogP contribution is 2.45. The molecule has 2 saturated heterocycles. The summed E-state index contributed by atoms with van der Waals surface area (Å²) in [6, 6.07) is 10.4. The first-order valence-corrected chi connectivity index (χ1v) is 32.4. The van der Waals surface area contributed by atoms with Crippen LogP contribution < -0.4 is 26.0 Å². The Balaban J connectivity index is 1.17. The second-order valence-corrected chi connectivity index (χ2v) is 26.4. The molecular weight excluding hydrogens is 1230 g/mol. The van der Waals surface area contributed by atoms with Gasteiger partial charge in [-0.15, -0.1) is 5.06 Å². The van der Waals surface area contributed by atoms with E-state index in [0.717, 1.165) is 16.0 Å². The molecule has 5 rings (SSSR count). The molecule has 0 saturated carbocycles. The first-order valence-electron chi connectivity index (χ1n) is 30.4. The van der Waals surface area contributed by atoms with Crippen LogP contribution in [0.3, 0.4) is 0 Å². The Morgan fingerprint density at radius 3 is 2.15 bits per heavy atom. The van der Waals surface area contributed by atoms with Crippen LogP contribution in [0.1, 0.15) is 142 Å². The Kier molecular flexibility index (Phi) is 27.8. The lowest BCUT2D eigenvalue weighted by Gasteiger charge is -2.29. The number of nitrogens with zero attached hydrogens (tertiary/aromatic N) is 2.